The minimum atomic E-state index is -0.0307. The highest BCUT2D eigenvalue weighted by Crippen LogP contribution is 2.17. The summed E-state index contributed by atoms with van der Waals surface area (Å²) in [5, 5.41) is 0. The lowest BCUT2D eigenvalue weighted by Crippen LogP contribution is -2.47. The number of hydrogen-bond acceptors (Lipinski definition) is 2. The molecule has 1 aliphatic heterocycles. The fraction of sp³-hybridized carbons (Fsp3) is 0.909. The number of amides is 1. The van der Waals surface area contributed by atoms with E-state index in [1.807, 2.05) is 11.8 Å². The smallest absolute Gasteiger partial charge is 0.227 e. The Balaban J connectivity index is 2.57. The zero-order chi connectivity index (χ0) is 10.6. The molecule has 14 heavy (non-hydrogen) atoms. The number of ether oxygens (including phenoxy) is 1. The van der Waals surface area contributed by atoms with Crippen molar-refractivity contribution in [1.82, 2.24) is 4.90 Å². The molecule has 0 radical (unpaired) electrons. The Morgan fingerprint density at radius 2 is 2.14 bits per heavy atom. The third-order valence-corrected chi connectivity index (χ3v) is 2.96. The highest BCUT2D eigenvalue weighted by atomic mass is 16.5. The second-order valence-electron chi connectivity index (χ2n) is 3.87. The first kappa shape index (κ1) is 11.5. The molecule has 0 aromatic rings. The van der Waals surface area contributed by atoms with Crippen LogP contribution in [0.25, 0.3) is 0 Å². The van der Waals surface area contributed by atoms with Gasteiger partial charge in [-0.15, -0.1) is 0 Å². The van der Waals surface area contributed by atoms with Crippen molar-refractivity contribution in [2.45, 2.75) is 46.3 Å². The average molecular weight is 199 g/mol. The Morgan fingerprint density at radius 1 is 1.50 bits per heavy atom. The Hall–Kier alpha value is -0.570. The molecule has 0 saturated carbocycles. The Bertz CT molecular complexity index is 190. The maximum Gasteiger partial charge on any atom is 0.227 e. The molecule has 0 N–H and O–H groups in total. The molecule has 3 heteroatoms. The maximum absolute atomic E-state index is 12.0. The van der Waals surface area contributed by atoms with Gasteiger partial charge in [0.05, 0.1) is 6.61 Å². The van der Waals surface area contributed by atoms with Crippen molar-refractivity contribution in [1.29, 1.82) is 0 Å². The van der Waals surface area contributed by atoms with Crippen LogP contribution in [0.3, 0.4) is 0 Å². The second kappa shape index (κ2) is 5.35. The lowest BCUT2D eigenvalue weighted by atomic mass is 10.0. The molecule has 0 aliphatic carbocycles. The fourth-order valence-electron chi connectivity index (χ4n) is 1.92. The zero-order valence-electron chi connectivity index (χ0n) is 9.45. The molecule has 1 heterocycles. The van der Waals surface area contributed by atoms with Crippen LogP contribution in [0.4, 0.5) is 0 Å². The van der Waals surface area contributed by atoms with Crippen LogP contribution in [0, 0.1) is 5.92 Å². The van der Waals surface area contributed by atoms with Crippen molar-refractivity contribution >= 4 is 5.91 Å². The summed E-state index contributed by atoms with van der Waals surface area (Å²) in [6.07, 6.45) is 2.80. The number of nitrogens with zero attached hydrogens (tertiary/aromatic N) is 1. The number of hydrogen-bond donors (Lipinski definition) is 0. The Labute approximate surface area is 86.4 Å². The number of rotatable bonds is 3. The molecule has 0 aromatic carbocycles. The summed E-state index contributed by atoms with van der Waals surface area (Å²) in [6, 6.07) is 0. The monoisotopic (exact) mass is 199 g/mol. The van der Waals surface area contributed by atoms with Crippen LogP contribution in [0.5, 0.6) is 0 Å². The molecule has 0 spiro atoms. The van der Waals surface area contributed by atoms with Crippen LogP contribution in [0.2, 0.25) is 0 Å². The van der Waals surface area contributed by atoms with E-state index in [0.717, 1.165) is 32.4 Å². The lowest BCUT2D eigenvalue weighted by Gasteiger charge is -2.35. The van der Waals surface area contributed by atoms with E-state index in [9.17, 15) is 4.79 Å². The van der Waals surface area contributed by atoms with Gasteiger partial charge in [0.1, 0.15) is 6.23 Å². The molecular weight excluding hydrogens is 178 g/mol. The first-order chi connectivity index (χ1) is 6.70. The molecule has 3 nitrogen and oxygen atoms in total. The van der Waals surface area contributed by atoms with E-state index in [1.54, 1.807) is 0 Å². The molecule has 0 bridgehead atoms. The molecule has 1 aliphatic rings. The van der Waals surface area contributed by atoms with Crippen LogP contribution < -0.4 is 0 Å². The summed E-state index contributed by atoms with van der Waals surface area (Å²) in [6.45, 7) is 7.74. The largest absolute Gasteiger partial charge is 0.359 e. The van der Waals surface area contributed by atoms with E-state index >= 15 is 0 Å². The predicted molar refractivity (Wildman–Crippen MR) is 55.8 cm³/mol. The molecule has 1 amide bonds. The van der Waals surface area contributed by atoms with Gasteiger partial charge >= 0.3 is 0 Å². The molecule has 1 unspecified atom stereocenters. The van der Waals surface area contributed by atoms with E-state index in [0.29, 0.717) is 0 Å². The highest BCUT2D eigenvalue weighted by Gasteiger charge is 2.27. The van der Waals surface area contributed by atoms with Crippen LogP contribution in [0.1, 0.15) is 40.0 Å². The fourth-order valence-corrected chi connectivity index (χ4v) is 1.92. The van der Waals surface area contributed by atoms with E-state index in [4.69, 9.17) is 4.74 Å². The normalized spacial score (nSPS) is 22.9. The van der Waals surface area contributed by atoms with Gasteiger partial charge in [0.15, 0.2) is 0 Å². The van der Waals surface area contributed by atoms with Gasteiger partial charge < -0.3 is 9.64 Å². The molecule has 1 fully saturated rings. The number of carbonyl (C=O) groups is 1. The van der Waals surface area contributed by atoms with Crippen LogP contribution in [-0.4, -0.2) is 30.2 Å². The third-order valence-electron chi connectivity index (χ3n) is 2.96. The van der Waals surface area contributed by atoms with E-state index in [-0.39, 0.29) is 18.1 Å². The Morgan fingerprint density at radius 3 is 2.64 bits per heavy atom. The van der Waals surface area contributed by atoms with Gasteiger partial charge in [-0.2, -0.15) is 0 Å². The first-order valence-corrected chi connectivity index (χ1v) is 5.62. The molecule has 1 saturated heterocycles. The van der Waals surface area contributed by atoms with Crippen molar-refractivity contribution in [3.05, 3.63) is 0 Å². The summed E-state index contributed by atoms with van der Waals surface area (Å²) in [7, 11) is 0. The van der Waals surface area contributed by atoms with Crippen LogP contribution >= 0.6 is 0 Å². The Kier molecular flexibility index (Phi) is 4.39. The minimum Gasteiger partial charge on any atom is -0.359 e. The van der Waals surface area contributed by atoms with Crippen molar-refractivity contribution in [2.75, 3.05) is 13.2 Å². The summed E-state index contributed by atoms with van der Waals surface area (Å²) >= 11 is 0. The summed E-state index contributed by atoms with van der Waals surface area (Å²) in [5.74, 6) is 0.446. The zero-order valence-corrected chi connectivity index (χ0v) is 9.45. The van der Waals surface area contributed by atoms with Gasteiger partial charge in [0.25, 0.3) is 0 Å². The SMILES string of the molecule is CCC(CC)C(=O)N1CCCOC1C. The molecule has 1 atom stereocenters. The van der Waals surface area contributed by atoms with Crippen molar-refractivity contribution in [2.24, 2.45) is 5.92 Å². The van der Waals surface area contributed by atoms with Gasteiger partial charge in [-0.1, -0.05) is 13.8 Å². The van der Waals surface area contributed by atoms with Crippen molar-refractivity contribution in [3.63, 3.8) is 0 Å². The molecule has 0 aromatic heterocycles. The van der Waals surface area contributed by atoms with Crippen molar-refractivity contribution in [3.8, 4) is 0 Å². The summed E-state index contributed by atoms with van der Waals surface area (Å²) < 4.78 is 5.46. The first-order valence-electron chi connectivity index (χ1n) is 5.62. The van der Waals surface area contributed by atoms with Crippen molar-refractivity contribution < 1.29 is 9.53 Å². The van der Waals surface area contributed by atoms with Gasteiger partial charge in [-0.3, -0.25) is 4.79 Å². The summed E-state index contributed by atoms with van der Waals surface area (Å²) in [4.78, 5) is 13.9. The van der Waals surface area contributed by atoms with Gasteiger partial charge in [0.2, 0.25) is 5.91 Å². The van der Waals surface area contributed by atoms with E-state index < -0.39 is 0 Å². The van der Waals surface area contributed by atoms with E-state index in [2.05, 4.69) is 13.8 Å². The standard InChI is InChI=1S/C11H21NO2/c1-4-10(5-2)11(13)12-7-6-8-14-9(12)3/h9-10H,4-8H2,1-3H3. The van der Waals surface area contributed by atoms with Crippen LogP contribution in [-0.2, 0) is 9.53 Å². The average Bonchev–Trinajstić information content (AvgIpc) is 2.20. The topological polar surface area (TPSA) is 29.5 Å². The molecular formula is C11H21NO2. The predicted octanol–water partition coefficient (Wildman–Crippen LogP) is 2.02. The minimum absolute atomic E-state index is 0.0307. The molecule has 82 valence electrons. The van der Waals surface area contributed by atoms with Crippen LogP contribution in [0.15, 0.2) is 0 Å². The highest BCUT2D eigenvalue weighted by molar-refractivity contribution is 5.79. The lowest BCUT2D eigenvalue weighted by molar-refractivity contribution is -0.156. The second-order valence-corrected chi connectivity index (χ2v) is 3.87. The maximum atomic E-state index is 12.0. The van der Waals surface area contributed by atoms with Gasteiger partial charge in [0, 0.05) is 12.5 Å². The summed E-state index contributed by atoms with van der Waals surface area (Å²) in [5.41, 5.74) is 0. The van der Waals surface area contributed by atoms with E-state index in [1.165, 1.54) is 0 Å². The van der Waals surface area contributed by atoms with Gasteiger partial charge in [-0.05, 0) is 26.2 Å². The van der Waals surface area contributed by atoms with Gasteiger partial charge in [-0.25, -0.2) is 0 Å². The quantitative estimate of drug-likeness (QED) is 0.696. The molecule has 1 rings (SSSR count). The third kappa shape index (κ3) is 2.47. The number of carbonyl (C=O) groups excluding carboxylic acids is 1.